The Kier molecular flexibility index (Phi) is 7.05. The molecule has 2 rings (SSSR count). The Bertz CT molecular complexity index is 886. The van der Waals surface area contributed by atoms with Crippen molar-refractivity contribution in [2.75, 3.05) is 11.9 Å². The van der Waals surface area contributed by atoms with Crippen LogP contribution in [0.15, 0.2) is 51.8 Å². The number of ether oxygens (including phenoxy) is 1. The van der Waals surface area contributed by atoms with Crippen LogP contribution in [0.25, 0.3) is 0 Å². The summed E-state index contributed by atoms with van der Waals surface area (Å²) in [6.45, 7) is 3.19. The molecule has 0 aromatic heterocycles. The maximum atomic E-state index is 12.1. The SMILES string of the molecule is CC(C)NS(=O)(=O)c1ccc(OCC(=O)Nc2ccc(Br)cc2)c(Cl)c1. The van der Waals surface area contributed by atoms with Crippen molar-refractivity contribution in [2.24, 2.45) is 0 Å². The van der Waals surface area contributed by atoms with Gasteiger partial charge in [0, 0.05) is 16.2 Å². The lowest BCUT2D eigenvalue weighted by Crippen LogP contribution is -2.30. The molecule has 0 spiro atoms. The Balaban J connectivity index is 1.99. The Morgan fingerprint density at radius 2 is 1.85 bits per heavy atom. The van der Waals surface area contributed by atoms with Crippen molar-refractivity contribution in [2.45, 2.75) is 24.8 Å². The van der Waals surface area contributed by atoms with Crippen molar-refractivity contribution in [1.29, 1.82) is 0 Å². The predicted octanol–water partition coefficient (Wildman–Crippen LogP) is 3.81. The summed E-state index contributed by atoms with van der Waals surface area (Å²) < 4.78 is 33.0. The first-order valence-corrected chi connectivity index (χ1v) is 10.3. The van der Waals surface area contributed by atoms with Gasteiger partial charge in [-0.05, 0) is 56.3 Å². The molecule has 0 unspecified atom stereocenters. The van der Waals surface area contributed by atoms with Crippen LogP contribution in [0.5, 0.6) is 5.75 Å². The zero-order valence-corrected chi connectivity index (χ0v) is 17.3. The minimum atomic E-state index is -3.65. The van der Waals surface area contributed by atoms with Gasteiger partial charge in [0.2, 0.25) is 10.0 Å². The van der Waals surface area contributed by atoms with E-state index in [0.29, 0.717) is 5.69 Å². The molecule has 0 aliphatic rings. The molecule has 140 valence electrons. The number of hydrogen-bond donors (Lipinski definition) is 2. The molecule has 2 aromatic carbocycles. The molecule has 0 heterocycles. The van der Waals surface area contributed by atoms with Crippen molar-refractivity contribution in [1.82, 2.24) is 4.72 Å². The Morgan fingerprint density at radius 1 is 1.19 bits per heavy atom. The summed E-state index contributed by atoms with van der Waals surface area (Å²) >= 11 is 9.39. The van der Waals surface area contributed by atoms with E-state index in [4.69, 9.17) is 16.3 Å². The van der Waals surface area contributed by atoms with E-state index in [1.165, 1.54) is 18.2 Å². The van der Waals surface area contributed by atoms with Gasteiger partial charge in [-0.1, -0.05) is 27.5 Å². The van der Waals surface area contributed by atoms with E-state index in [0.717, 1.165) is 4.47 Å². The second-order valence-electron chi connectivity index (χ2n) is 5.71. The van der Waals surface area contributed by atoms with Gasteiger partial charge in [-0.15, -0.1) is 0 Å². The minimum Gasteiger partial charge on any atom is -0.482 e. The fourth-order valence-electron chi connectivity index (χ4n) is 2.02. The molecule has 0 fully saturated rings. The zero-order valence-electron chi connectivity index (χ0n) is 14.1. The fraction of sp³-hybridized carbons (Fsp3) is 0.235. The van der Waals surface area contributed by atoms with E-state index >= 15 is 0 Å². The maximum Gasteiger partial charge on any atom is 0.262 e. The van der Waals surface area contributed by atoms with E-state index in [-0.39, 0.29) is 34.2 Å². The molecule has 0 radical (unpaired) electrons. The molecular formula is C17H18BrClN2O4S. The lowest BCUT2D eigenvalue weighted by molar-refractivity contribution is -0.118. The number of sulfonamides is 1. The smallest absolute Gasteiger partial charge is 0.262 e. The van der Waals surface area contributed by atoms with Crippen molar-refractivity contribution in [3.63, 3.8) is 0 Å². The molecule has 26 heavy (non-hydrogen) atoms. The number of amides is 1. The lowest BCUT2D eigenvalue weighted by atomic mass is 10.3. The molecule has 0 saturated heterocycles. The van der Waals surface area contributed by atoms with Crippen molar-refractivity contribution in [3.8, 4) is 5.75 Å². The summed E-state index contributed by atoms with van der Waals surface area (Å²) in [6, 6.07) is 10.9. The van der Waals surface area contributed by atoms with Gasteiger partial charge in [0.15, 0.2) is 6.61 Å². The number of halogens is 2. The van der Waals surface area contributed by atoms with Gasteiger partial charge in [0.1, 0.15) is 5.75 Å². The van der Waals surface area contributed by atoms with E-state index in [1.54, 1.807) is 38.1 Å². The van der Waals surface area contributed by atoms with Crippen LogP contribution in [0.1, 0.15) is 13.8 Å². The highest BCUT2D eigenvalue weighted by atomic mass is 79.9. The number of hydrogen-bond acceptors (Lipinski definition) is 4. The third-order valence-electron chi connectivity index (χ3n) is 3.09. The Labute approximate surface area is 166 Å². The number of benzene rings is 2. The molecule has 1 amide bonds. The molecule has 0 atom stereocenters. The van der Waals surface area contributed by atoms with Gasteiger partial charge in [-0.25, -0.2) is 13.1 Å². The van der Waals surface area contributed by atoms with Crippen molar-refractivity contribution < 1.29 is 17.9 Å². The van der Waals surface area contributed by atoms with Gasteiger partial charge in [0.25, 0.3) is 5.91 Å². The zero-order chi connectivity index (χ0) is 19.3. The molecule has 2 N–H and O–H groups in total. The second-order valence-corrected chi connectivity index (χ2v) is 8.75. The summed E-state index contributed by atoms with van der Waals surface area (Å²) in [6.07, 6.45) is 0. The second kappa shape index (κ2) is 8.85. The van der Waals surface area contributed by atoms with E-state index in [9.17, 15) is 13.2 Å². The first kappa shape index (κ1) is 20.7. The Morgan fingerprint density at radius 3 is 2.42 bits per heavy atom. The van der Waals surface area contributed by atoms with Crippen LogP contribution in [0.3, 0.4) is 0 Å². The summed E-state index contributed by atoms with van der Waals surface area (Å²) in [5, 5.41) is 2.79. The van der Waals surface area contributed by atoms with Gasteiger partial charge >= 0.3 is 0 Å². The average molecular weight is 462 g/mol. The van der Waals surface area contributed by atoms with Crippen LogP contribution >= 0.6 is 27.5 Å². The molecule has 0 saturated carbocycles. The van der Waals surface area contributed by atoms with Crippen LogP contribution in [0, 0.1) is 0 Å². The number of anilines is 1. The third kappa shape index (κ3) is 5.98. The van der Waals surface area contributed by atoms with Crippen LogP contribution < -0.4 is 14.8 Å². The van der Waals surface area contributed by atoms with Crippen molar-refractivity contribution >= 4 is 49.1 Å². The molecule has 0 aliphatic carbocycles. The highest BCUT2D eigenvalue weighted by Crippen LogP contribution is 2.27. The summed E-state index contributed by atoms with van der Waals surface area (Å²) in [5.74, 6) is -0.136. The Hall–Kier alpha value is -1.61. The number of carbonyl (C=O) groups is 1. The van der Waals surface area contributed by atoms with Crippen molar-refractivity contribution in [3.05, 3.63) is 52.0 Å². The fourth-order valence-corrected chi connectivity index (χ4v) is 3.86. The molecular weight excluding hydrogens is 444 g/mol. The minimum absolute atomic E-state index is 0.0304. The van der Waals surface area contributed by atoms with Gasteiger partial charge in [-0.2, -0.15) is 0 Å². The first-order valence-electron chi connectivity index (χ1n) is 7.67. The molecule has 9 heteroatoms. The monoisotopic (exact) mass is 460 g/mol. The lowest BCUT2D eigenvalue weighted by Gasteiger charge is -2.12. The standard InChI is InChI=1S/C17H18BrClN2O4S/c1-11(2)21-26(23,24)14-7-8-16(15(19)9-14)25-10-17(22)20-13-5-3-12(18)4-6-13/h3-9,11,21H,10H2,1-2H3,(H,20,22). The highest BCUT2D eigenvalue weighted by molar-refractivity contribution is 9.10. The molecule has 6 nitrogen and oxygen atoms in total. The first-order chi connectivity index (χ1) is 12.2. The maximum absolute atomic E-state index is 12.1. The molecule has 0 aliphatic heterocycles. The van der Waals surface area contributed by atoms with Crippen LogP contribution in [-0.4, -0.2) is 27.0 Å². The van der Waals surface area contributed by atoms with Crippen LogP contribution in [0.4, 0.5) is 5.69 Å². The van der Waals surface area contributed by atoms with Gasteiger partial charge in [0.05, 0.1) is 9.92 Å². The number of rotatable bonds is 7. The van der Waals surface area contributed by atoms with Crippen LogP contribution in [0.2, 0.25) is 5.02 Å². The quantitative estimate of drug-likeness (QED) is 0.657. The largest absolute Gasteiger partial charge is 0.482 e. The molecule has 2 aromatic rings. The summed E-state index contributed by atoms with van der Waals surface area (Å²) in [7, 11) is -3.65. The normalized spacial score (nSPS) is 11.4. The van der Waals surface area contributed by atoms with E-state index < -0.39 is 10.0 Å². The summed E-state index contributed by atoms with van der Waals surface area (Å²) in [4.78, 5) is 12.0. The highest BCUT2D eigenvalue weighted by Gasteiger charge is 2.17. The van der Waals surface area contributed by atoms with Crippen LogP contribution in [-0.2, 0) is 14.8 Å². The predicted molar refractivity (Wildman–Crippen MR) is 105 cm³/mol. The van der Waals surface area contributed by atoms with E-state index in [1.807, 2.05) is 0 Å². The summed E-state index contributed by atoms with van der Waals surface area (Å²) in [5.41, 5.74) is 0.633. The van der Waals surface area contributed by atoms with Gasteiger partial charge < -0.3 is 10.1 Å². The number of nitrogens with one attached hydrogen (secondary N) is 2. The topological polar surface area (TPSA) is 84.5 Å². The molecule has 0 bridgehead atoms. The van der Waals surface area contributed by atoms with Gasteiger partial charge in [-0.3, -0.25) is 4.79 Å². The average Bonchev–Trinajstić information content (AvgIpc) is 2.54. The number of carbonyl (C=O) groups excluding carboxylic acids is 1. The third-order valence-corrected chi connectivity index (χ3v) is 5.57. The van der Waals surface area contributed by atoms with E-state index in [2.05, 4.69) is 26.0 Å².